The summed E-state index contributed by atoms with van der Waals surface area (Å²) < 4.78 is 16.7. The van der Waals surface area contributed by atoms with E-state index in [0.29, 0.717) is 19.3 Å². The number of hydrogen-bond donors (Lipinski definition) is 0. The maximum absolute atomic E-state index is 12.8. The molecule has 0 N–H and O–H groups in total. The smallest absolute Gasteiger partial charge is 0.306 e. The molecule has 0 radical (unpaired) electrons. The van der Waals surface area contributed by atoms with Crippen molar-refractivity contribution in [2.24, 2.45) is 0 Å². The molecule has 0 aliphatic rings. The normalized spacial score (nSPS) is 13.0. The highest BCUT2D eigenvalue weighted by Crippen LogP contribution is 2.13. The van der Waals surface area contributed by atoms with E-state index in [1.165, 1.54) is 83.5 Å². The van der Waals surface area contributed by atoms with Gasteiger partial charge in [-0.2, -0.15) is 0 Å². The number of allylic oxidation sites excluding steroid dienone is 18. The molecule has 0 aliphatic heterocycles. The van der Waals surface area contributed by atoms with E-state index in [4.69, 9.17) is 14.2 Å². The first-order valence-corrected chi connectivity index (χ1v) is 25.9. The summed E-state index contributed by atoms with van der Waals surface area (Å²) in [6.45, 7) is 6.36. The summed E-state index contributed by atoms with van der Waals surface area (Å²) >= 11 is 0. The van der Waals surface area contributed by atoms with Gasteiger partial charge in [-0.3, -0.25) is 14.4 Å². The summed E-state index contributed by atoms with van der Waals surface area (Å²) in [6, 6.07) is 0. The Morgan fingerprint density at radius 1 is 0.344 bits per heavy atom. The zero-order valence-corrected chi connectivity index (χ0v) is 41.3. The molecule has 0 spiro atoms. The Balaban J connectivity index is 4.55. The molecule has 0 heterocycles. The third-order valence-electron chi connectivity index (χ3n) is 10.6. The van der Waals surface area contributed by atoms with Crippen LogP contribution in [0.2, 0.25) is 0 Å². The molecule has 0 aromatic carbocycles. The average Bonchev–Trinajstić information content (AvgIpc) is 3.29. The SMILES string of the molecule is CC\C=C/C=C\C=C/C=C\CCCCCC(=O)OCC(COC(=O)CCC/C=C\C/C=C\C/C=C\C/C=C\CCCCC)OC(=O)CCCCCCC/C=C\CCCCCCCCC. The van der Waals surface area contributed by atoms with Crippen molar-refractivity contribution in [3.8, 4) is 0 Å². The number of hydrogen-bond acceptors (Lipinski definition) is 6. The fourth-order valence-electron chi connectivity index (χ4n) is 6.67. The monoisotopic (exact) mass is 887 g/mol. The van der Waals surface area contributed by atoms with E-state index in [9.17, 15) is 14.4 Å². The summed E-state index contributed by atoms with van der Waals surface area (Å²) in [5.41, 5.74) is 0. The Labute approximate surface area is 393 Å². The molecule has 0 amide bonds. The molecule has 64 heavy (non-hydrogen) atoms. The van der Waals surface area contributed by atoms with Crippen molar-refractivity contribution in [2.45, 2.75) is 226 Å². The Bertz CT molecular complexity index is 1340. The first kappa shape index (κ1) is 60.1. The molecule has 6 heteroatoms. The number of carbonyl (C=O) groups is 3. The summed E-state index contributed by atoms with van der Waals surface area (Å²) in [4.78, 5) is 38.0. The van der Waals surface area contributed by atoms with Crippen LogP contribution in [-0.2, 0) is 28.6 Å². The second-order valence-corrected chi connectivity index (χ2v) is 16.8. The predicted octanol–water partition coefficient (Wildman–Crippen LogP) is 17.1. The lowest BCUT2D eigenvalue weighted by atomic mass is 10.1. The van der Waals surface area contributed by atoms with Gasteiger partial charge in [0.15, 0.2) is 6.10 Å². The maximum Gasteiger partial charge on any atom is 0.306 e. The van der Waals surface area contributed by atoms with Gasteiger partial charge in [0, 0.05) is 19.3 Å². The first-order valence-electron chi connectivity index (χ1n) is 25.9. The maximum atomic E-state index is 12.8. The molecule has 0 aliphatic carbocycles. The van der Waals surface area contributed by atoms with Crippen LogP contribution in [0.1, 0.15) is 220 Å². The van der Waals surface area contributed by atoms with Gasteiger partial charge in [-0.1, -0.05) is 207 Å². The van der Waals surface area contributed by atoms with Crippen molar-refractivity contribution in [3.05, 3.63) is 109 Å². The van der Waals surface area contributed by atoms with Crippen molar-refractivity contribution < 1.29 is 28.6 Å². The summed E-state index contributed by atoms with van der Waals surface area (Å²) in [5, 5.41) is 0. The highest BCUT2D eigenvalue weighted by atomic mass is 16.6. The molecule has 0 saturated carbocycles. The summed E-state index contributed by atoms with van der Waals surface area (Å²) in [7, 11) is 0. The van der Waals surface area contributed by atoms with E-state index in [0.717, 1.165) is 89.9 Å². The largest absolute Gasteiger partial charge is 0.462 e. The minimum atomic E-state index is -0.822. The zero-order valence-electron chi connectivity index (χ0n) is 41.3. The molecule has 362 valence electrons. The van der Waals surface area contributed by atoms with Gasteiger partial charge in [0.05, 0.1) is 0 Å². The topological polar surface area (TPSA) is 78.9 Å². The third kappa shape index (κ3) is 49.1. The second kappa shape index (κ2) is 51.7. The standard InChI is InChI=1S/C58H94O6/c1-4-7-10-13-16-19-22-25-27-29-31-33-36-39-42-45-48-51-57(60)63-54-55(53-62-56(59)50-47-44-41-38-35-32-24-21-18-15-12-9-6-3)64-58(61)52-49-46-43-40-37-34-30-28-26-23-20-17-14-11-8-5-2/h9,12,15-16,18-19,21,24-25,27-28,30-33,35,39,42,55H,4-8,10-11,13-14,17,20,22-23,26,29,34,36-38,40-41,43-54H2,1-3H3/b12-9-,18-15-,19-16-,24-21-,27-25-,30-28-,33-31-,35-32-,42-39-. The van der Waals surface area contributed by atoms with Crippen LogP contribution in [0.15, 0.2) is 109 Å². The third-order valence-corrected chi connectivity index (χ3v) is 10.6. The van der Waals surface area contributed by atoms with Crippen LogP contribution in [0, 0.1) is 0 Å². The molecule has 1 unspecified atom stereocenters. The second-order valence-electron chi connectivity index (χ2n) is 16.8. The minimum absolute atomic E-state index is 0.121. The molecular weight excluding hydrogens is 793 g/mol. The van der Waals surface area contributed by atoms with Crippen molar-refractivity contribution in [1.29, 1.82) is 0 Å². The van der Waals surface area contributed by atoms with Crippen LogP contribution < -0.4 is 0 Å². The Kier molecular flexibility index (Phi) is 48.5. The van der Waals surface area contributed by atoms with Gasteiger partial charge in [0.2, 0.25) is 0 Å². The van der Waals surface area contributed by atoms with Gasteiger partial charge in [0.25, 0.3) is 0 Å². The first-order chi connectivity index (χ1) is 31.5. The lowest BCUT2D eigenvalue weighted by Crippen LogP contribution is -2.30. The molecule has 1 atom stereocenters. The van der Waals surface area contributed by atoms with Gasteiger partial charge in [-0.25, -0.2) is 0 Å². The molecule has 0 fully saturated rings. The molecule has 0 aromatic heterocycles. The van der Waals surface area contributed by atoms with E-state index in [2.05, 4.69) is 93.7 Å². The van der Waals surface area contributed by atoms with Crippen LogP contribution >= 0.6 is 0 Å². The van der Waals surface area contributed by atoms with Crippen molar-refractivity contribution in [3.63, 3.8) is 0 Å². The van der Waals surface area contributed by atoms with E-state index in [1.54, 1.807) is 0 Å². The van der Waals surface area contributed by atoms with Gasteiger partial charge < -0.3 is 14.2 Å². The van der Waals surface area contributed by atoms with Crippen molar-refractivity contribution >= 4 is 17.9 Å². The molecule has 0 aromatic rings. The fourth-order valence-corrected chi connectivity index (χ4v) is 6.67. The minimum Gasteiger partial charge on any atom is -0.462 e. The molecule has 0 saturated heterocycles. The highest BCUT2D eigenvalue weighted by Gasteiger charge is 2.19. The fraction of sp³-hybridized carbons (Fsp3) is 0.638. The van der Waals surface area contributed by atoms with Crippen LogP contribution in [0.25, 0.3) is 0 Å². The van der Waals surface area contributed by atoms with Crippen LogP contribution in [0.3, 0.4) is 0 Å². The van der Waals surface area contributed by atoms with E-state index in [1.807, 2.05) is 36.5 Å². The van der Waals surface area contributed by atoms with E-state index >= 15 is 0 Å². The quantitative estimate of drug-likeness (QED) is 0.0199. The van der Waals surface area contributed by atoms with Gasteiger partial charge >= 0.3 is 17.9 Å². The summed E-state index contributed by atoms with van der Waals surface area (Å²) in [6.07, 6.45) is 69.3. The van der Waals surface area contributed by atoms with Gasteiger partial charge in [0.1, 0.15) is 13.2 Å². The van der Waals surface area contributed by atoms with Gasteiger partial charge in [-0.15, -0.1) is 0 Å². The van der Waals surface area contributed by atoms with E-state index in [-0.39, 0.29) is 37.5 Å². The molecular formula is C58H94O6. The molecule has 6 nitrogen and oxygen atoms in total. The lowest BCUT2D eigenvalue weighted by Gasteiger charge is -2.18. The molecule has 0 rings (SSSR count). The number of carbonyl (C=O) groups excluding carboxylic acids is 3. The number of unbranched alkanes of at least 4 members (excludes halogenated alkanes) is 19. The number of esters is 3. The van der Waals surface area contributed by atoms with Crippen LogP contribution in [-0.4, -0.2) is 37.2 Å². The Morgan fingerprint density at radius 2 is 0.688 bits per heavy atom. The number of rotatable bonds is 45. The van der Waals surface area contributed by atoms with Crippen LogP contribution in [0.5, 0.6) is 0 Å². The Hall–Kier alpha value is -3.93. The van der Waals surface area contributed by atoms with Gasteiger partial charge in [-0.05, 0) is 103 Å². The van der Waals surface area contributed by atoms with Crippen LogP contribution in [0.4, 0.5) is 0 Å². The van der Waals surface area contributed by atoms with E-state index < -0.39 is 6.10 Å². The predicted molar refractivity (Wildman–Crippen MR) is 274 cm³/mol. The number of ether oxygens (including phenoxy) is 3. The highest BCUT2D eigenvalue weighted by molar-refractivity contribution is 5.71. The van der Waals surface area contributed by atoms with Crippen molar-refractivity contribution in [1.82, 2.24) is 0 Å². The zero-order chi connectivity index (χ0) is 46.5. The van der Waals surface area contributed by atoms with Crippen molar-refractivity contribution in [2.75, 3.05) is 13.2 Å². The Morgan fingerprint density at radius 3 is 1.22 bits per heavy atom. The summed E-state index contributed by atoms with van der Waals surface area (Å²) in [5.74, 6) is -1.03. The lowest BCUT2D eigenvalue weighted by molar-refractivity contribution is -0.167. The molecule has 0 bridgehead atoms. The average molecular weight is 887 g/mol.